The molecule has 1 aliphatic heterocycles. The first-order valence-corrected chi connectivity index (χ1v) is 14.0. The fourth-order valence-electron chi connectivity index (χ4n) is 5.31. The van der Waals surface area contributed by atoms with E-state index in [1.54, 1.807) is 47.5 Å². The molecule has 1 saturated heterocycles. The summed E-state index contributed by atoms with van der Waals surface area (Å²) in [6, 6.07) is 15.5. The Labute approximate surface area is 251 Å². The minimum Gasteiger partial charge on any atom is -0.457 e. The van der Waals surface area contributed by atoms with Gasteiger partial charge in [-0.3, -0.25) is 9.48 Å². The Hall–Kier alpha value is -5.35. The lowest BCUT2D eigenvalue weighted by atomic mass is 10.1. The van der Waals surface area contributed by atoms with Crippen LogP contribution in [0.4, 0.5) is 14.5 Å². The van der Waals surface area contributed by atoms with Gasteiger partial charge in [-0.1, -0.05) is 12.1 Å². The minimum atomic E-state index is -3.10. The van der Waals surface area contributed by atoms with Gasteiger partial charge in [-0.15, -0.1) is 0 Å². The molecule has 2 aromatic carbocycles. The van der Waals surface area contributed by atoms with Crippen molar-refractivity contribution in [2.45, 2.75) is 38.5 Å². The summed E-state index contributed by atoms with van der Waals surface area (Å²) >= 11 is 0. The van der Waals surface area contributed by atoms with Crippen molar-refractivity contribution in [3.05, 3.63) is 84.4 Å². The van der Waals surface area contributed by atoms with Crippen molar-refractivity contribution in [2.75, 3.05) is 18.9 Å². The highest BCUT2D eigenvalue weighted by Gasteiger charge is 2.25. The van der Waals surface area contributed by atoms with Gasteiger partial charge >= 0.3 is 6.61 Å². The lowest BCUT2D eigenvalue weighted by Gasteiger charge is -2.19. The highest BCUT2D eigenvalue weighted by atomic mass is 19.3. The van der Waals surface area contributed by atoms with Gasteiger partial charge in [-0.05, 0) is 68.4 Å². The number of carbonyl (C=O) groups is 1. The van der Waals surface area contributed by atoms with Crippen LogP contribution in [0.15, 0.2) is 73.3 Å². The fraction of sp³-hybridized carbons (Fsp3) is 0.258. The maximum absolute atomic E-state index is 13.5. The smallest absolute Gasteiger partial charge is 0.387 e. The van der Waals surface area contributed by atoms with Crippen LogP contribution >= 0.6 is 0 Å². The summed E-state index contributed by atoms with van der Waals surface area (Å²) < 4.78 is 41.2. The molecule has 3 aromatic heterocycles. The fourth-order valence-corrected chi connectivity index (χ4v) is 5.31. The molecule has 224 valence electrons. The number of halogens is 2. The van der Waals surface area contributed by atoms with E-state index >= 15 is 0 Å². The number of nitrogens with zero attached hydrogens (tertiary/aromatic N) is 7. The van der Waals surface area contributed by atoms with Crippen LogP contribution < -0.4 is 14.8 Å². The molecule has 1 N–H and O–H groups in total. The number of anilines is 1. The monoisotopic (exact) mass is 598 g/mol. The molecule has 0 spiro atoms. The van der Waals surface area contributed by atoms with Crippen molar-refractivity contribution in [1.29, 1.82) is 5.26 Å². The number of likely N-dealkylation sites (N-methyl/N-ethyl adjacent to an activating group) is 1. The van der Waals surface area contributed by atoms with E-state index in [4.69, 9.17) is 19.8 Å². The van der Waals surface area contributed by atoms with Crippen molar-refractivity contribution in [3.63, 3.8) is 0 Å². The molecule has 0 saturated carbocycles. The Balaban J connectivity index is 1.40. The number of carbonyl (C=O) groups excluding carboxylic acids is 1. The third kappa shape index (κ3) is 6.20. The van der Waals surface area contributed by atoms with Crippen LogP contribution in [0.3, 0.4) is 0 Å². The normalized spacial score (nSPS) is 15.0. The van der Waals surface area contributed by atoms with E-state index in [9.17, 15) is 13.6 Å². The number of hydrogen-bond donors (Lipinski definition) is 1. The predicted molar refractivity (Wildman–Crippen MR) is 157 cm³/mol. The van der Waals surface area contributed by atoms with Crippen molar-refractivity contribution < 1.29 is 23.0 Å². The van der Waals surface area contributed by atoms with Gasteiger partial charge in [0.05, 0.1) is 36.5 Å². The molecule has 1 unspecified atom stereocenters. The van der Waals surface area contributed by atoms with Gasteiger partial charge in [0.2, 0.25) is 0 Å². The number of alkyl halides is 2. The van der Waals surface area contributed by atoms with Crippen molar-refractivity contribution in [3.8, 4) is 34.6 Å². The van der Waals surface area contributed by atoms with Crippen LogP contribution in [0.25, 0.3) is 16.9 Å². The maximum Gasteiger partial charge on any atom is 0.387 e. The molecular formula is C31H28F2N8O3. The molecule has 11 nitrogen and oxygen atoms in total. The Kier molecular flexibility index (Phi) is 8.16. The van der Waals surface area contributed by atoms with Gasteiger partial charge in [-0.2, -0.15) is 24.2 Å². The second-order valence-corrected chi connectivity index (χ2v) is 10.4. The minimum absolute atomic E-state index is 0.137. The average molecular weight is 599 g/mol. The van der Waals surface area contributed by atoms with Gasteiger partial charge in [-0.25, -0.2) is 9.50 Å². The number of likely N-dealkylation sites (tertiary alicyclic amines) is 1. The van der Waals surface area contributed by atoms with Crippen LogP contribution in [0.1, 0.15) is 28.8 Å². The number of rotatable bonds is 10. The SMILES string of the molecule is CN1CCCC1Cn1cc(NC(=O)c2cnn3cccnc23)c(-c2cc(Oc3cccc(CC#N)c3)ccc2OC(F)F)n1. The number of hydrogen-bond acceptors (Lipinski definition) is 8. The third-order valence-electron chi connectivity index (χ3n) is 7.44. The Morgan fingerprint density at radius 2 is 2.07 bits per heavy atom. The van der Waals surface area contributed by atoms with E-state index in [2.05, 4.69) is 26.4 Å². The first-order chi connectivity index (χ1) is 21.4. The van der Waals surface area contributed by atoms with E-state index in [-0.39, 0.29) is 35.0 Å². The molecule has 6 rings (SSSR count). The highest BCUT2D eigenvalue weighted by molar-refractivity contribution is 6.09. The van der Waals surface area contributed by atoms with Crippen molar-refractivity contribution >= 4 is 17.2 Å². The number of nitriles is 1. The number of benzene rings is 2. The third-order valence-corrected chi connectivity index (χ3v) is 7.44. The van der Waals surface area contributed by atoms with E-state index in [0.717, 1.165) is 24.9 Å². The summed E-state index contributed by atoms with van der Waals surface area (Å²) in [5.41, 5.74) is 2.08. The molecule has 1 fully saturated rings. The second-order valence-electron chi connectivity index (χ2n) is 10.4. The standard InChI is InChI=1S/C31H28F2N8O3/c1-39-13-3-6-21(39)18-40-19-26(37-30(42)25-17-36-41-14-4-12-35-29(25)41)28(38-40)24-16-23(8-9-27(24)44-31(32)33)43-22-7-2-5-20(15-22)10-11-34/h2,4-5,7-9,12,14-17,19,21,31H,3,6,10,13,18H2,1H3,(H,37,42). The van der Waals surface area contributed by atoms with Crippen LogP contribution in [0.2, 0.25) is 0 Å². The van der Waals surface area contributed by atoms with E-state index in [1.807, 2.05) is 13.1 Å². The lowest BCUT2D eigenvalue weighted by Crippen LogP contribution is -2.29. The summed E-state index contributed by atoms with van der Waals surface area (Å²) in [5, 5.41) is 20.9. The summed E-state index contributed by atoms with van der Waals surface area (Å²) in [4.78, 5) is 20.0. The molecule has 1 aliphatic rings. The van der Waals surface area contributed by atoms with Crippen LogP contribution in [-0.2, 0) is 13.0 Å². The summed E-state index contributed by atoms with van der Waals surface area (Å²) in [6.45, 7) is -1.60. The number of ether oxygens (including phenoxy) is 2. The molecule has 0 aliphatic carbocycles. The number of nitrogens with one attached hydrogen (secondary N) is 1. The molecule has 5 aromatic rings. The number of aromatic nitrogens is 5. The number of amides is 1. The molecule has 13 heteroatoms. The quantitative estimate of drug-likeness (QED) is 0.227. The summed E-state index contributed by atoms with van der Waals surface area (Å²) in [7, 11) is 2.05. The Morgan fingerprint density at radius 1 is 1.20 bits per heavy atom. The average Bonchev–Trinajstić information content (AvgIpc) is 3.73. The van der Waals surface area contributed by atoms with Crippen LogP contribution in [0.5, 0.6) is 17.2 Å². The predicted octanol–water partition coefficient (Wildman–Crippen LogP) is 5.40. The van der Waals surface area contributed by atoms with Gasteiger partial charge in [0, 0.05) is 24.6 Å². The molecular weight excluding hydrogens is 570 g/mol. The zero-order valence-corrected chi connectivity index (χ0v) is 23.7. The van der Waals surface area contributed by atoms with Gasteiger partial charge in [0.1, 0.15) is 28.5 Å². The second kappa shape index (κ2) is 12.5. The van der Waals surface area contributed by atoms with Gasteiger partial charge < -0.3 is 19.7 Å². The summed E-state index contributed by atoms with van der Waals surface area (Å²) in [5.74, 6) is 0.164. The molecule has 0 radical (unpaired) electrons. The van der Waals surface area contributed by atoms with Crippen LogP contribution in [0, 0.1) is 11.3 Å². The molecule has 1 atom stereocenters. The zero-order valence-electron chi connectivity index (χ0n) is 23.7. The summed E-state index contributed by atoms with van der Waals surface area (Å²) in [6.07, 6.45) is 8.58. The molecule has 4 heterocycles. The molecule has 1 amide bonds. The lowest BCUT2D eigenvalue weighted by molar-refractivity contribution is -0.0494. The Bertz CT molecular complexity index is 1850. The topological polar surface area (TPSA) is 123 Å². The van der Waals surface area contributed by atoms with Crippen LogP contribution in [-0.4, -0.2) is 61.4 Å². The molecule has 0 bridgehead atoms. The zero-order chi connectivity index (χ0) is 30.6. The van der Waals surface area contributed by atoms with E-state index < -0.39 is 12.5 Å². The largest absolute Gasteiger partial charge is 0.457 e. The first kappa shape index (κ1) is 28.8. The van der Waals surface area contributed by atoms with E-state index in [1.165, 1.54) is 28.9 Å². The molecule has 44 heavy (non-hydrogen) atoms. The number of fused-ring (bicyclic) bond motifs is 1. The maximum atomic E-state index is 13.5. The van der Waals surface area contributed by atoms with E-state index in [0.29, 0.717) is 29.4 Å². The Morgan fingerprint density at radius 3 is 2.86 bits per heavy atom. The van der Waals surface area contributed by atoms with Gasteiger partial charge in [0.25, 0.3) is 5.91 Å². The highest BCUT2D eigenvalue weighted by Crippen LogP contribution is 2.39. The van der Waals surface area contributed by atoms with Crippen molar-refractivity contribution in [1.82, 2.24) is 29.3 Å². The van der Waals surface area contributed by atoms with Crippen molar-refractivity contribution in [2.24, 2.45) is 0 Å². The van der Waals surface area contributed by atoms with Gasteiger partial charge in [0.15, 0.2) is 5.65 Å². The first-order valence-electron chi connectivity index (χ1n) is 14.0.